The van der Waals surface area contributed by atoms with Crippen molar-refractivity contribution >= 4 is 6.09 Å². The summed E-state index contributed by atoms with van der Waals surface area (Å²) in [6.45, 7) is 9.76. The fourth-order valence-electron chi connectivity index (χ4n) is 2.52. The zero-order chi connectivity index (χ0) is 18.6. The second-order valence-corrected chi connectivity index (χ2v) is 6.91. The Morgan fingerprint density at radius 2 is 1.88 bits per heavy atom. The summed E-state index contributed by atoms with van der Waals surface area (Å²) in [5.41, 5.74) is 2.24. The molecule has 1 N–H and O–H groups in total. The summed E-state index contributed by atoms with van der Waals surface area (Å²) in [5.74, 6) is 0.747. The van der Waals surface area contributed by atoms with Gasteiger partial charge in [0, 0.05) is 24.6 Å². The maximum absolute atomic E-state index is 12.1. The minimum Gasteiger partial charge on any atom is -0.444 e. The van der Waals surface area contributed by atoms with E-state index in [9.17, 15) is 4.79 Å². The van der Waals surface area contributed by atoms with Crippen molar-refractivity contribution in [2.24, 2.45) is 0 Å². The number of nitrogens with one attached hydrogen (secondary N) is 1. The highest BCUT2D eigenvalue weighted by atomic mass is 16.6. The predicted octanol–water partition coefficient (Wildman–Crippen LogP) is 3.10. The number of hydrogen-bond donors (Lipinski definition) is 1. The van der Waals surface area contributed by atoms with Gasteiger partial charge in [0.2, 0.25) is 0 Å². The van der Waals surface area contributed by atoms with Crippen molar-refractivity contribution in [1.82, 2.24) is 19.9 Å². The van der Waals surface area contributed by atoms with Gasteiger partial charge in [0.05, 0.1) is 18.3 Å². The van der Waals surface area contributed by atoms with E-state index in [0.29, 0.717) is 5.69 Å². The Balaban J connectivity index is 2.27. The molecule has 2 heterocycles. The number of nitrogens with zero attached hydrogens (tertiary/aromatic N) is 3. The van der Waals surface area contributed by atoms with Gasteiger partial charge in [-0.1, -0.05) is 0 Å². The van der Waals surface area contributed by atoms with Crippen LogP contribution in [0, 0.1) is 13.8 Å². The van der Waals surface area contributed by atoms with E-state index in [4.69, 9.17) is 9.47 Å². The third kappa shape index (κ3) is 5.03. The maximum atomic E-state index is 12.1. The van der Waals surface area contributed by atoms with Gasteiger partial charge < -0.3 is 19.4 Å². The molecule has 0 radical (unpaired) electrons. The number of alkyl carbamates (subject to hydrolysis) is 1. The topological polar surface area (TPSA) is 78.3 Å². The highest BCUT2D eigenvalue weighted by Gasteiger charge is 2.22. The molecule has 2 aromatic rings. The second kappa shape index (κ2) is 7.65. The van der Waals surface area contributed by atoms with E-state index < -0.39 is 17.7 Å². The summed E-state index contributed by atoms with van der Waals surface area (Å²) in [6, 6.07) is 5.48. The maximum Gasteiger partial charge on any atom is 0.408 e. The SMILES string of the molecule is COCC(NC(=O)OC(C)(C)C)c1cc(-n2c(C)ccc2C)ncn1. The highest BCUT2D eigenvalue weighted by molar-refractivity contribution is 5.68. The molecule has 0 fully saturated rings. The van der Waals surface area contributed by atoms with E-state index in [1.54, 1.807) is 7.11 Å². The summed E-state index contributed by atoms with van der Waals surface area (Å²) >= 11 is 0. The minimum atomic E-state index is -0.572. The normalized spacial score (nSPS) is 12.7. The average Bonchev–Trinajstić information content (AvgIpc) is 2.84. The van der Waals surface area contributed by atoms with Crippen molar-refractivity contribution in [3.63, 3.8) is 0 Å². The number of aromatic nitrogens is 3. The Morgan fingerprint density at radius 3 is 2.44 bits per heavy atom. The van der Waals surface area contributed by atoms with Gasteiger partial charge in [-0.2, -0.15) is 0 Å². The molecular formula is C18H26N4O3. The van der Waals surface area contributed by atoms with Crippen molar-refractivity contribution in [1.29, 1.82) is 0 Å². The molecule has 0 saturated carbocycles. The predicted molar refractivity (Wildman–Crippen MR) is 94.8 cm³/mol. The fraction of sp³-hybridized carbons (Fsp3) is 0.500. The van der Waals surface area contributed by atoms with Gasteiger partial charge in [0.1, 0.15) is 17.7 Å². The molecule has 0 bridgehead atoms. The van der Waals surface area contributed by atoms with Crippen molar-refractivity contribution in [3.8, 4) is 5.82 Å². The van der Waals surface area contributed by atoms with Crippen LogP contribution in [0.4, 0.5) is 4.79 Å². The Bertz CT molecular complexity index is 715. The zero-order valence-corrected chi connectivity index (χ0v) is 15.7. The molecule has 2 aromatic heterocycles. The molecule has 0 aliphatic heterocycles. The van der Waals surface area contributed by atoms with Crippen molar-refractivity contribution in [2.45, 2.75) is 46.3 Å². The summed E-state index contributed by atoms with van der Waals surface area (Å²) in [4.78, 5) is 20.8. The first kappa shape index (κ1) is 18.9. The first-order valence-corrected chi connectivity index (χ1v) is 8.17. The van der Waals surface area contributed by atoms with Crippen LogP contribution in [0.25, 0.3) is 5.82 Å². The smallest absolute Gasteiger partial charge is 0.408 e. The number of hydrogen-bond acceptors (Lipinski definition) is 5. The van der Waals surface area contributed by atoms with Crippen molar-refractivity contribution in [2.75, 3.05) is 13.7 Å². The largest absolute Gasteiger partial charge is 0.444 e. The van der Waals surface area contributed by atoms with Crippen molar-refractivity contribution < 1.29 is 14.3 Å². The van der Waals surface area contributed by atoms with Crippen LogP contribution >= 0.6 is 0 Å². The van der Waals surface area contributed by atoms with Gasteiger partial charge in [-0.25, -0.2) is 14.8 Å². The van der Waals surface area contributed by atoms with Gasteiger partial charge in [0.15, 0.2) is 0 Å². The third-order valence-electron chi connectivity index (χ3n) is 3.56. The molecule has 0 aromatic carbocycles. The Labute approximate surface area is 148 Å². The van der Waals surface area contributed by atoms with Crippen LogP contribution in [-0.2, 0) is 9.47 Å². The molecule has 25 heavy (non-hydrogen) atoms. The lowest BCUT2D eigenvalue weighted by molar-refractivity contribution is 0.0465. The Morgan fingerprint density at radius 1 is 1.24 bits per heavy atom. The first-order chi connectivity index (χ1) is 11.7. The van der Waals surface area contributed by atoms with E-state index >= 15 is 0 Å². The lowest BCUT2D eigenvalue weighted by atomic mass is 10.2. The van der Waals surface area contributed by atoms with Crippen LogP contribution in [0.1, 0.15) is 43.9 Å². The van der Waals surface area contributed by atoms with Crippen LogP contribution in [0.2, 0.25) is 0 Å². The Kier molecular flexibility index (Phi) is 5.79. The van der Waals surface area contributed by atoms with Gasteiger partial charge >= 0.3 is 6.09 Å². The van der Waals surface area contributed by atoms with E-state index in [1.165, 1.54) is 6.33 Å². The molecule has 0 aliphatic rings. The Hall–Kier alpha value is -2.41. The molecular weight excluding hydrogens is 320 g/mol. The van der Waals surface area contributed by atoms with Crippen LogP contribution in [0.5, 0.6) is 0 Å². The van der Waals surface area contributed by atoms with E-state index in [0.717, 1.165) is 17.2 Å². The number of amides is 1. The van der Waals surface area contributed by atoms with Gasteiger partial charge in [0.25, 0.3) is 0 Å². The number of rotatable bonds is 5. The van der Waals surface area contributed by atoms with Gasteiger partial charge in [-0.05, 0) is 46.8 Å². The standard InChI is InChI=1S/C18H26N4O3/c1-12-7-8-13(2)22(12)16-9-14(19-11-20-16)15(10-24-6)21-17(23)25-18(3,4)5/h7-9,11,15H,10H2,1-6H3,(H,21,23). The number of ether oxygens (including phenoxy) is 2. The van der Waals surface area contributed by atoms with Crippen LogP contribution in [0.3, 0.4) is 0 Å². The molecule has 7 nitrogen and oxygen atoms in total. The number of carbonyl (C=O) groups excluding carboxylic acids is 1. The summed E-state index contributed by atoms with van der Waals surface area (Å²) in [5, 5.41) is 2.81. The molecule has 7 heteroatoms. The highest BCUT2D eigenvalue weighted by Crippen LogP contribution is 2.18. The summed E-state index contributed by atoms with van der Waals surface area (Å²) < 4.78 is 12.6. The van der Waals surface area contributed by atoms with E-state index in [-0.39, 0.29) is 6.61 Å². The molecule has 1 atom stereocenters. The monoisotopic (exact) mass is 346 g/mol. The molecule has 136 valence electrons. The minimum absolute atomic E-state index is 0.277. The van der Waals surface area contributed by atoms with E-state index in [1.807, 2.05) is 57.4 Å². The lowest BCUT2D eigenvalue weighted by Crippen LogP contribution is -2.37. The number of methoxy groups -OCH3 is 1. The average molecular weight is 346 g/mol. The van der Waals surface area contributed by atoms with Crippen molar-refractivity contribution in [3.05, 3.63) is 41.6 Å². The molecule has 1 amide bonds. The van der Waals surface area contributed by atoms with Gasteiger partial charge in [-0.15, -0.1) is 0 Å². The molecule has 0 spiro atoms. The number of carbonyl (C=O) groups is 1. The quantitative estimate of drug-likeness (QED) is 0.900. The number of aryl methyl sites for hydroxylation is 2. The van der Waals surface area contributed by atoms with Crippen LogP contribution < -0.4 is 5.32 Å². The van der Waals surface area contributed by atoms with Crippen LogP contribution in [-0.4, -0.2) is 39.9 Å². The third-order valence-corrected chi connectivity index (χ3v) is 3.56. The van der Waals surface area contributed by atoms with Crippen LogP contribution in [0.15, 0.2) is 24.5 Å². The fourth-order valence-corrected chi connectivity index (χ4v) is 2.52. The molecule has 1 unspecified atom stereocenters. The zero-order valence-electron chi connectivity index (χ0n) is 15.7. The summed E-state index contributed by atoms with van der Waals surface area (Å²) in [6.07, 6.45) is 0.978. The summed E-state index contributed by atoms with van der Waals surface area (Å²) in [7, 11) is 1.58. The lowest BCUT2D eigenvalue weighted by Gasteiger charge is -2.23. The second-order valence-electron chi connectivity index (χ2n) is 6.91. The van der Waals surface area contributed by atoms with E-state index in [2.05, 4.69) is 15.3 Å². The molecule has 0 aliphatic carbocycles. The molecule has 0 saturated heterocycles. The first-order valence-electron chi connectivity index (χ1n) is 8.17. The van der Waals surface area contributed by atoms with Gasteiger partial charge in [-0.3, -0.25) is 0 Å². The molecule has 2 rings (SSSR count).